The number of ketones is 1. The van der Waals surface area contributed by atoms with E-state index in [1.54, 1.807) is 14.0 Å². The van der Waals surface area contributed by atoms with Gasteiger partial charge in [-0.15, -0.1) is 0 Å². The maximum Gasteiger partial charge on any atom is 0.165 e. The Morgan fingerprint density at radius 2 is 1.95 bits per heavy atom. The molecule has 2 fully saturated rings. The summed E-state index contributed by atoms with van der Waals surface area (Å²) in [5, 5.41) is 0. The Labute approximate surface area is 127 Å². The van der Waals surface area contributed by atoms with Crippen LogP contribution in [0.4, 0.5) is 5.69 Å². The van der Waals surface area contributed by atoms with E-state index in [9.17, 15) is 4.79 Å². The van der Waals surface area contributed by atoms with Crippen LogP contribution < -0.4 is 9.64 Å². The lowest BCUT2D eigenvalue weighted by atomic mass is 9.75. The second kappa shape index (κ2) is 6.08. The van der Waals surface area contributed by atoms with Gasteiger partial charge in [-0.25, -0.2) is 0 Å². The van der Waals surface area contributed by atoms with Gasteiger partial charge in [0.15, 0.2) is 5.78 Å². The Morgan fingerprint density at radius 3 is 2.67 bits per heavy atom. The molecule has 1 aromatic rings. The summed E-state index contributed by atoms with van der Waals surface area (Å²) in [6.07, 6.45) is 6.78. The molecule has 1 aromatic carbocycles. The molecule has 1 saturated carbocycles. The van der Waals surface area contributed by atoms with Gasteiger partial charge >= 0.3 is 0 Å². The van der Waals surface area contributed by atoms with Gasteiger partial charge in [-0.1, -0.05) is 25.3 Å². The number of Topliss-reactive ketones (excluding diaryl/α,β-unsaturated/α-hetero) is 1. The SMILES string of the molecule is COc1cccc(N2CCC3CCCCC3C2)c1C(C)=O. The summed E-state index contributed by atoms with van der Waals surface area (Å²) in [5.74, 6) is 2.50. The van der Waals surface area contributed by atoms with E-state index in [1.165, 1.54) is 32.1 Å². The van der Waals surface area contributed by atoms with Crippen LogP contribution in [-0.2, 0) is 0 Å². The summed E-state index contributed by atoms with van der Waals surface area (Å²) < 4.78 is 5.40. The molecule has 1 aliphatic carbocycles. The van der Waals surface area contributed by atoms with Crippen LogP contribution in [0.3, 0.4) is 0 Å². The number of hydrogen-bond acceptors (Lipinski definition) is 3. The zero-order valence-corrected chi connectivity index (χ0v) is 13.1. The van der Waals surface area contributed by atoms with Gasteiger partial charge in [0.2, 0.25) is 0 Å². The van der Waals surface area contributed by atoms with Crippen molar-refractivity contribution in [1.82, 2.24) is 0 Å². The number of carbonyl (C=O) groups is 1. The largest absolute Gasteiger partial charge is 0.496 e. The van der Waals surface area contributed by atoms with Gasteiger partial charge in [-0.05, 0) is 43.7 Å². The highest BCUT2D eigenvalue weighted by Gasteiger charge is 2.32. The molecular formula is C18H25NO2. The second-order valence-corrected chi connectivity index (χ2v) is 6.45. The zero-order chi connectivity index (χ0) is 14.8. The molecule has 0 N–H and O–H groups in total. The Bertz CT molecular complexity index is 526. The molecule has 2 atom stereocenters. The van der Waals surface area contributed by atoms with E-state index in [-0.39, 0.29) is 5.78 Å². The molecule has 1 saturated heterocycles. The summed E-state index contributed by atoms with van der Waals surface area (Å²) in [7, 11) is 1.64. The Balaban J connectivity index is 1.88. The van der Waals surface area contributed by atoms with Gasteiger partial charge in [0.05, 0.1) is 18.4 Å². The van der Waals surface area contributed by atoms with Crippen molar-refractivity contribution in [3.05, 3.63) is 23.8 Å². The van der Waals surface area contributed by atoms with Crippen molar-refractivity contribution in [3.63, 3.8) is 0 Å². The summed E-state index contributed by atoms with van der Waals surface area (Å²) in [4.78, 5) is 14.5. The molecular weight excluding hydrogens is 262 g/mol. The lowest BCUT2D eigenvalue weighted by molar-refractivity contribution is 0.101. The average Bonchev–Trinajstić information content (AvgIpc) is 2.53. The molecule has 114 valence electrons. The highest BCUT2D eigenvalue weighted by molar-refractivity contribution is 6.02. The fourth-order valence-corrected chi connectivity index (χ4v) is 4.13. The van der Waals surface area contributed by atoms with Crippen LogP contribution in [0.2, 0.25) is 0 Å². The van der Waals surface area contributed by atoms with Gasteiger partial charge < -0.3 is 9.64 Å². The number of ether oxygens (including phenoxy) is 1. The van der Waals surface area contributed by atoms with E-state index in [0.29, 0.717) is 5.75 Å². The Kier molecular flexibility index (Phi) is 4.18. The van der Waals surface area contributed by atoms with Crippen LogP contribution >= 0.6 is 0 Å². The van der Waals surface area contributed by atoms with Crippen LogP contribution in [-0.4, -0.2) is 26.0 Å². The third-order valence-corrected chi connectivity index (χ3v) is 5.21. The van der Waals surface area contributed by atoms with Crippen LogP contribution in [0.15, 0.2) is 18.2 Å². The Hall–Kier alpha value is -1.51. The predicted octanol–water partition coefficient (Wildman–Crippen LogP) is 3.91. The number of carbonyl (C=O) groups excluding carboxylic acids is 1. The third kappa shape index (κ3) is 2.78. The molecule has 0 aromatic heterocycles. The number of anilines is 1. The van der Waals surface area contributed by atoms with Crippen LogP contribution in [0.25, 0.3) is 0 Å². The molecule has 0 bridgehead atoms. The fraction of sp³-hybridized carbons (Fsp3) is 0.611. The zero-order valence-electron chi connectivity index (χ0n) is 13.1. The number of piperidine rings is 1. The normalized spacial score (nSPS) is 25.3. The molecule has 0 radical (unpaired) electrons. The van der Waals surface area contributed by atoms with Crippen molar-refractivity contribution in [3.8, 4) is 5.75 Å². The lowest BCUT2D eigenvalue weighted by Crippen LogP contribution is -2.42. The highest BCUT2D eigenvalue weighted by atomic mass is 16.5. The molecule has 1 heterocycles. The maximum absolute atomic E-state index is 12.1. The molecule has 3 rings (SSSR count). The van der Waals surface area contributed by atoms with E-state index in [0.717, 1.165) is 36.2 Å². The summed E-state index contributed by atoms with van der Waals surface area (Å²) >= 11 is 0. The minimum absolute atomic E-state index is 0.0909. The quantitative estimate of drug-likeness (QED) is 0.789. The average molecular weight is 287 g/mol. The summed E-state index contributed by atoms with van der Waals surface area (Å²) in [6, 6.07) is 5.95. The Morgan fingerprint density at radius 1 is 1.19 bits per heavy atom. The van der Waals surface area contributed by atoms with Crippen molar-refractivity contribution in [2.45, 2.75) is 39.0 Å². The van der Waals surface area contributed by atoms with Gasteiger partial charge in [0.25, 0.3) is 0 Å². The van der Waals surface area contributed by atoms with Crippen molar-refractivity contribution < 1.29 is 9.53 Å². The molecule has 3 nitrogen and oxygen atoms in total. The van der Waals surface area contributed by atoms with Crippen LogP contribution in [0.5, 0.6) is 5.75 Å². The van der Waals surface area contributed by atoms with E-state index in [2.05, 4.69) is 11.0 Å². The van der Waals surface area contributed by atoms with E-state index >= 15 is 0 Å². The van der Waals surface area contributed by atoms with Crippen molar-refractivity contribution in [1.29, 1.82) is 0 Å². The van der Waals surface area contributed by atoms with Gasteiger partial charge in [-0.2, -0.15) is 0 Å². The summed E-state index contributed by atoms with van der Waals surface area (Å²) in [6.45, 7) is 3.79. The monoisotopic (exact) mass is 287 g/mol. The van der Waals surface area contributed by atoms with Crippen LogP contribution in [0.1, 0.15) is 49.4 Å². The van der Waals surface area contributed by atoms with Gasteiger partial charge in [0.1, 0.15) is 5.75 Å². The van der Waals surface area contributed by atoms with Crippen molar-refractivity contribution in [2.75, 3.05) is 25.1 Å². The first-order valence-electron chi connectivity index (χ1n) is 8.13. The minimum Gasteiger partial charge on any atom is -0.496 e. The van der Waals surface area contributed by atoms with Crippen LogP contribution in [0, 0.1) is 11.8 Å². The predicted molar refractivity (Wildman–Crippen MR) is 85.3 cm³/mol. The first-order chi connectivity index (χ1) is 10.2. The maximum atomic E-state index is 12.1. The fourth-order valence-electron chi connectivity index (χ4n) is 4.13. The first kappa shape index (κ1) is 14.4. The molecule has 1 aliphatic heterocycles. The number of hydrogen-bond donors (Lipinski definition) is 0. The lowest BCUT2D eigenvalue weighted by Gasteiger charge is -2.42. The number of benzene rings is 1. The molecule has 3 heteroatoms. The molecule has 2 aliphatic rings. The standard InChI is InChI=1S/C18H25NO2/c1-13(20)18-16(8-5-9-17(18)21-2)19-11-10-14-6-3-4-7-15(14)12-19/h5,8-9,14-15H,3-4,6-7,10-12H2,1-2H3. The summed E-state index contributed by atoms with van der Waals surface area (Å²) in [5.41, 5.74) is 1.81. The van der Waals surface area contributed by atoms with E-state index in [4.69, 9.17) is 4.74 Å². The number of nitrogens with zero attached hydrogens (tertiary/aromatic N) is 1. The first-order valence-corrected chi connectivity index (χ1v) is 8.13. The minimum atomic E-state index is 0.0909. The molecule has 21 heavy (non-hydrogen) atoms. The van der Waals surface area contributed by atoms with Gasteiger partial charge in [-0.3, -0.25) is 4.79 Å². The van der Waals surface area contributed by atoms with E-state index in [1.807, 2.05) is 12.1 Å². The van der Waals surface area contributed by atoms with Crippen molar-refractivity contribution >= 4 is 11.5 Å². The number of methoxy groups -OCH3 is 1. The molecule has 0 amide bonds. The second-order valence-electron chi connectivity index (χ2n) is 6.45. The van der Waals surface area contributed by atoms with Crippen molar-refractivity contribution in [2.24, 2.45) is 11.8 Å². The number of fused-ring (bicyclic) bond motifs is 1. The molecule has 2 unspecified atom stereocenters. The topological polar surface area (TPSA) is 29.5 Å². The van der Waals surface area contributed by atoms with Gasteiger partial charge in [0, 0.05) is 13.1 Å². The third-order valence-electron chi connectivity index (χ3n) is 5.21. The van der Waals surface area contributed by atoms with E-state index < -0.39 is 0 Å². The number of rotatable bonds is 3. The molecule has 0 spiro atoms. The smallest absolute Gasteiger partial charge is 0.165 e. The highest BCUT2D eigenvalue weighted by Crippen LogP contribution is 2.39.